The number of anilines is 1. The summed E-state index contributed by atoms with van der Waals surface area (Å²) >= 11 is 0. The molecule has 0 saturated carbocycles. The zero-order chi connectivity index (χ0) is 16.7. The molecule has 2 atom stereocenters. The SMILES string of the molecule is COC(=O)CCCOc1ccc(NC(=O)C2CC(O)CN2)cc1.Cl. The lowest BCUT2D eigenvalue weighted by atomic mass is 10.2. The standard InChI is InChI=1S/C16H22N2O5.ClH/c1-22-15(20)3-2-8-23-13-6-4-11(5-7-13)18-16(21)14-9-12(19)10-17-14;/h4-7,12,14,17,19H,2-3,8-10H2,1H3,(H,18,21);1H. The summed E-state index contributed by atoms with van der Waals surface area (Å²) in [7, 11) is 1.36. The van der Waals surface area contributed by atoms with E-state index >= 15 is 0 Å². The Morgan fingerprint density at radius 3 is 2.62 bits per heavy atom. The minimum atomic E-state index is -0.466. The number of aliphatic hydroxyl groups is 1. The molecule has 0 bridgehead atoms. The van der Waals surface area contributed by atoms with Gasteiger partial charge in [-0.2, -0.15) is 0 Å². The van der Waals surface area contributed by atoms with Crippen molar-refractivity contribution in [1.82, 2.24) is 5.32 Å². The third-order valence-corrected chi connectivity index (χ3v) is 3.57. The molecule has 1 saturated heterocycles. The van der Waals surface area contributed by atoms with Crippen LogP contribution >= 0.6 is 12.4 Å². The molecule has 1 amide bonds. The summed E-state index contributed by atoms with van der Waals surface area (Å²) in [6, 6.07) is 6.65. The van der Waals surface area contributed by atoms with Crippen molar-refractivity contribution >= 4 is 30.0 Å². The van der Waals surface area contributed by atoms with Crippen LogP contribution in [0, 0.1) is 0 Å². The number of amides is 1. The number of hydrogen-bond donors (Lipinski definition) is 3. The van der Waals surface area contributed by atoms with Crippen LogP contribution in [0.4, 0.5) is 5.69 Å². The zero-order valence-corrected chi connectivity index (χ0v) is 14.3. The fourth-order valence-corrected chi connectivity index (χ4v) is 2.29. The number of methoxy groups -OCH3 is 1. The molecular formula is C16H23ClN2O5. The van der Waals surface area contributed by atoms with Crippen LogP contribution in [0.15, 0.2) is 24.3 Å². The van der Waals surface area contributed by atoms with Gasteiger partial charge in [0.1, 0.15) is 5.75 Å². The first-order valence-corrected chi connectivity index (χ1v) is 7.60. The monoisotopic (exact) mass is 358 g/mol. The molecule has 134 valence electrons. The highest BCUT2D eigenvalue weighted by atomic mass is 35.5. The summed E-state index contributed by atoms with van der Waals surface area (Å²) in [4.78, 5) is 22.9. The molecule has 24 heavy (non-hydrogen) atoms. The van der Waals surface area contributed by atoms with E-state index in [-0.39, 0.29) is 30.3 Å². The maximum atomic E-state index is 12.0. The summed E-state index contributed by atoms with van der Waals surface area (Å²) in [6.45, 7) is 0.862. The summed E-state index contributed by atoms with van der Waals surface area (Å²) in [5.74, 6) is 0.257. The summed E-state index contributed by atoms with van der Waals surface area (Å²) in [5.41, 5.74) is 0.667. The van der Waals surface area contributed by atoms with Crippen molar-refractivity contribution in [2.24, 2.45) is 0 Å². The van der Waals surface area contributed by atoms with Gasteiger partial charge in [0.2, 0.25) is 5.91 Å². The molecule has 7 nitrogen and oxygen atoms in total. The first-order chi connectivity index (χ1) is 11.1. The minimum absolute atomic E-state index is 0. The van der Waals surface area contributed by atoms with E-state index in [2.05, 4.69) is 15.4 Å². The highest BCUT2D eigenvalue weighted by molar-refractivity contribution is 5.95. The van der Waals surface area contributed by atoms with E-state index in [0.717, 1.165) is 0 Å². The van der Waals surface area contributed by atoms with Crippen LogP contribution in [0.5, 0.6) is 5.75 Å². The van der Waals surface area contributed by atoms with Crippen molar-refractivity contribution in [3.8, 4) is 5.75 Å². The molecule has 1 aromatic rings. The maximum absolute atomic E-state index is 12.0. The van der Waals surface area contributed by atoms with E-state index < -0.39 is 6.10 Å². The van der Waals surface area contributed by atoms with E-state index in [1.165, 1.54) is 7.11 Å². The van der Waals surface area contributed by atoms with Crippen LogP contribution in [-0.4, -0.2) is 49.4 Å². The molecule has 2 rings (SSSR count). The normalized spacial score (nSPS) is 19.2. The van der Waals surface area contributed by atoms with Crippen molar-refractivity contribution in [3.05, 3.63) is 24.3 Å². The predicted molar refractivity (Wildman–Crippen MR) is 91.5 cm³/mol. The molecule has 1 fully saturated rings. The van der Waals surface area contributed by atoms with Crippen LogP contribution in [0.25, 0.3) is 0 Å². The number of esters is 1. The molecule has 2 unspecified atom stereocenters. The molecule has 1 heterocycles. The smallest absolute Gasteiger partial charge is 0.305 e. The fourth-order valence-electron chi connectivity index (χ4n) is 2.29. The van der Waals surface area contributed by atoms with Crippen LogP contribution in [-0.2, 0) is 14.3 Å². The van der Waals surface area contributed by atoms with E-state index in [9.17, 15) is 14.7 Å². The van der Waals surface area contributed by atoms with Gasteiger partial charge in [-0.1, -0.05) is 0 Å². The Morgan fingerprint density at radius 1 is 1.33 bits per heavy atom. The van der Waals surface area contributed by atoms with Crippen molar-refractivity contribution in [1.29, 1.82) is 0 Å². The van der Waals surface area contributed by atoms with Crippen molar-refractivity contribution < 1.29 is 24.2 Å². The highest BCUT2D eigenvalue weighted by Crippen LogP contribution is 2.17. The number of benzene rings is 1. The first kappa shape index (κ1) is 20.2. The third kappa shape index (κ3) is 6.35. The average Bonchev–Trinajstić information content (AvgIpc) is 2.99. The van der Waals surface area contributed by atoms with Gasteiger partial charge in [-0.15, -0.1) is 12.4 Å². The molecule has 8 heteroatoms. The Morgan fingerprint density at radius 2 is 2.04 bits per heavy atom. The molecule has 0 aromatic heterocycles. The Labute approximate surface area is 147 Å². The minimum Gasteiger partial charge on any atom is -0.494 e. The van der Waals surface area contributed by atoms with E-state index in [1.807, 2.05) is 0 Å². The van der Waals surface area contributed by atoms with Gasteiger partial charge in [0.25, 0.3) is 0 Å². The Bertz CT molecular complexity index is 538. The number of rotatable bonds is 7. The van der Waals surface area contributed by atoms with Crippen LogP contribution in [0.3, 0.4) is 0 Å². The Hall–Kier alpha value is -1.83. The number of hydrogen-bond acceptors (Lipinski definition) is 6. The predicted octanol–water partition coefficient (Wildman–Crippen LogP) is 1.10. The molecule has 0 spiro atoms. The van der Waals surface area contributed by atoms with Gasteiger partial charge >= 0.3 is 5.97 Å². The van der Waals surface area contributed by atoms with Gasteiger partial charge in [0.15, 0.2) is 0 Å². The number of ether oxygens (including phenoxy) is 2. The van der Waals surface area contributed by atoms with Crippen LogP contribution in [0.2, 0.25) is 0 Å². The van der Waals surface area contributed by atoms with Gasteiger partial charge < -0.3 is 25.2 Å². The second-order valence-electron chi connectivity index (χ2n) is 5.39. The topological polar surface area (TPSA) is 96.9 Å². The number of halogens is 1. The van der Waals surface area contributed by atoms with Crippen LogP contribution < -0.4 is 15.4 Å². The van der Waals surface area contributed by atoms with Crippen molar-refractivity contribution in [3.63, 3.8) is 0 Å². The largest absolute Gasteiger partial charge is 0.494 e. The second-order valence-corrected chi connectivity index (χ2v) is 5.39. The zero-order valence-electron chi connectivity index (χ0n) is 13.5. The second kappa shape index (κ2) is 10.1. The third-order valence-electron chi connectivity index (χ3n) is 3.57. The number of nitrogens with one attached hydrogen (secondary N) is 2. The van der Waals surface area contributed by atoms with Gasteiger partial charge in [-0.3, -0.25) is 9.59 Å². The molecule has 1 aliphatic heterocycles. The van der Waals surface area contributed by atoms with E-state index in [1.54, 1.807) is 24.3 Å². The Kier molecular flexibility index (Phi) is 8.53. The maximum Gasteiger partial charge on any atom is 0.305 e. The molecule has 1 aliphatic rings. The van der Waals surface area contributed by atoms with Crippen molar-refractivity contribution in [2.45, 2.75) is 31.4 Å². The lowest BCUT2D eigenvalue weighted by Crippen LogP contribution is -2.35. The fraction of sp³-hybridized carbons (Fsp3) is 0.500. The lowest BCUT2D eigenvalue weighted by molar-refractivity contribution is -0.140. The average molecular weight is 359 g/mol. The summed E-state index contributed by atoms with van der Waals surface area (Å²) < 4.78 is 10.1. The molecule has 0 aliphatic carbocycles. The lowest BCUT2D eigenvalue weighted by Gasteiger charge is -2.11. The van der Waals surface area contributed by atoms with Gasteiger partial charge in [-0.25, -0.2) is 0 Å². The Balaban J connectivity index is 0.00000288. The van der Waals surface area contributed by atoms with Crippen molar-refractivity contribution in [2.75, 3.05) is 25.6 Å². The molecular weight excluding hydrogens is 336 g/mol. The van der Waals surface area contributed by atoms with Gasteiger partial charge in [-0.05, 0) is 37.1 Å². The van der Waals surface area contributed by atoms with E-state index in [0.29, 0.717) is 43.9 Å². The van der Waals surface area contributed by atoms with Gasteiger partial charge in [0.05, 0.1) is 25.9 Å². The quantitative estimate of drug-likeness (QED) is 0.499. The van der Waals surface area contributed by atoms with Crippen LogP contribution in [0.1, 0.15) is 19.3 Å². The van der Waals surface area contributed by atoms with E-state index in [4.69, 9.17) is 4.74 Å². The number of carbonyl (C=O) groups is 2. The highest BCUT2D eigenvalue weighted by Gasteiger charge is 2.27. The summed E-state index contributed by atoms with van der Waals surface area (Å²) in [5, 5.41) is 15.2. The number of β-amino-alcohol motifs (C(OH)–C–C–N with tert-alkyl or cyclic N) is 1. The number of carbonyl (C=O) groups excluding carboxylic acids is 2. The molecule has 1 aromatic carbocycles. The molecule has 3 N–H and O–H groups in total. The number of aliphatic hydroxyl groups excluding tert-OH is 1. The van der Waals surface area contributed by atoms with Gasteiger partial charge in [0, 0.05) is 18.7 Å². The molecule has 0 radical (unpaired) electrons. The summed E-state index contributed by atoms with van der Waals surface area (Å²) in [6.07, 6.45) is 0.866. The first-order valence-electron chi connectivity index (χ1n) is 7.60.